The normalized spacial score (nSPS) is 11.2. The Morgan fingerprint density at radius 2 is 1.69 bits per heavy atom. The molecule has 1 aromatic carbocycles. The number of carbonyl (C=O) groups is 3. The highest BCUT2D eigenvalue weighted by Crippen LogP contribution is 2.21. The maximum absolute atomic E-state index is 13.0. The lowest BCUT2D eigenvalue weighted by Crippen LogP contribution is -2.28. The monoisotopic (exact) mass is 568 g/mol. The van der Waals surface area contributed by atoms with Crippen LogP contribution in [-0.2, 0) is 14.1 Å². The van der Waals surface area contributed by atoms with E-state index < -0.39 is 5.91 Å². The van der Waals surface area contributed by atoms with Gasteiger partial charge in [0.25, 0.3) is 17.7 Å². The van der Waals surface area contributed by atoms with E-state index in [0.717, 1.165) is 24.0 Å². The summed E-state index contributed by atoms with van der Waals surface area (Å²) in [6, 6.07) is 10.5. The molecule has 3 amide bonds. The van der Waals surface area contributed by atoms with Gasteiger partial charge in [-0.3, -0.25) is 19.4 Å². The van der Waals surface area contributed by atoms with E-state index in [-0.39, 0.29) is 23.5 Å². The van der Waals surface area contributed by atoms with Gasteiger partial charge in [0.2, 0.25) is 5.82 Å². The van der Waals surface area contributed by atoms with E-state index in [4.69, 9.17) is 0 Å². The summed E-state index contributed by atoms with van der Waals surface area (Å²) in [5, 5.41) is 8.41. The number of amides is 3. The number of carbonyl (C=O) groups excluding carboxylic acids is 3. The summed E-state index contributed by atoms with van der Waals surface area (Å²) in [5.41, 5.74) is 3.60. The fourth-order valence-corrected chi connectivity index (χ4v) is 4.46. The number of pyridine rings is 1. The number of nitrogens with zero attached hydrogens (tertiary/aromatic N) is 6. The van der Waals surface area contributed by atoms with Crippen LogP contribution in [0.3, 0.4) is 0 Å². The number of hydrogen-bond donors (Lipinski definition) is 4. The molecule has 13 heteroatoms. The summed E-state index contributed by atoms with van der Waals surface area (Å²) >= 11 is 0. The fraction of sp³-hybridized carbons (Fsp3) is 0.241. The van der Waals surface area contributed by atoms with E-state index in [1.165, 1.54) is 4.57 Å². The van der Waals surface area contributed by atoms with Crippen LogP contribution in [-0.4, -0.2) is 78.9 Å². The standard InChI is InChI=1S/C29H32N10O3/c1-37(2)13-5-10-31-28(41)23-15-20(16-38(23)3)32-29(42)26-35-24(17-39(26)4)36-27(40)19-6-7-21-22(14-19)34-25(33-21)18-8-11-30-12-9-18/h6-9,11-12,14-17H,5,10,13H2,1-4H3,(H,31,41)(H,32,42)(H,33,34)(H,36,40). The van der Waals surface area contributed by atoms with Crippen LogP contribution in [0.15, 0.2) is 61.2 Å². The molecule has 0 atom stereocenters. The molecule has 0 bridgehead atoms. The summed E-state index contributed by atoms with van der Waals surface area (Å²) in [6.07, 6.45) is 7.42. The second kappa shape index (κ2) is 12.1. The minimum atomic E-state index is -0.482. The predicted octanol–water partition coefficient (Wildman–Crippen LogP) is 2.88. The Labute approximate surface area is 242 Å². The zero-order valence-corrected chi connectivity index (χ0v) is 23.8. The number of fused-ring (bicyclic) bond motifs is 1. The summed E-state index contributed by atoms with van der Waals surface area (Å²) in [6.45, 7) is 1.42. The summed E-state index contributed by atoms with van der Waals surface area (Å²) in [5.74, 6) is -0.0944. The van der Waals surface area contributed by atoms with E-state index in [1.54, 1.807) is 67.7 Å². The quantitative estimate of drug-likeness (QED) is 0.189. The van der Waals surface area contributed by atoms with Crippen molar-refractivity contribution in [2.45, 2.75) is 6.42 Å². The van der Waals surface area contributed by atoms with Crippen LogP contribution >= 0.6 is 0 Å². The molecule has 0 aliphatic carbocycles. The molecular formula is C29H32N10O3. The molecule has 0 saturated heterocycles. The van der Waals surface area contributed by atoms with Gasteiger partial charge in [0, 0.05) is 56.6 Å². The van der Waals surface area contributed by atoms with Crippen LogP contribution in [0.1, 0.15) is 37.9 Å². The highest BCUT2D eigenvalue weighted by Gasteiger charge is 2.19. The predicted molar refractivity (Wildman–Crippen MR) is 159 cm³/mol. The van der Waals surface area contributed by atoms with Crippen molar-refractivity contribution in [3.63, 3.8) is 0 Å². The maximum atomic E-state index is 13.0. The van der Waals surface area contributed by atoms with E-state index in [1.807, 2.05) is 26.2 Å². The summed E-state index contributed by atoms with van der Waals surface area (Å²) < 4.78 is 3.17. The van der Waals surface area contributed by atoms with Crippen LogP contribution in [0.4, 0.5) is 11.5 Å². The summed E-state index contributed by atoms with van der Waals surface area (Å²) in [7, 11) is 7.35. The number of aryl methyl sites for hydroxylation is 2. The van der Waals surface area contributed by atoms with Crippen LogP contribution in [0.25, 0.3) is 22.4 Å². The molecule has 0 spiro atoms. The topological polar surface area (TPSA) is 155 Å². The Hall–Kier alpha value is -5.30. The number of hydrogen-bond acceptors (Lipinski definition) is 7. The number of imidazole rings is 2. The number of aromatic nitrogens is 6. The van der Waals surface area contributed by atoms with Crippen LogP contribution in [0.2, 0.25) is 0 Å². The third-order valence-electron chi connectivity index (χ3n) is 6.58. The molecule has 0 aliphatic rings. The SMILES string of the molecule is CN(C)CCCNC(=O)c1cc(NC(=O)c2nc(NC(=O)c3ccc4nc(-c5ccncc5)[nH]c4c3)cn2C)cn1C. The first-order valence-corrected chi connectivity index (χ1v) is 13.3. The number of benzene rings is 1. The van der Waals surface area contributed by atoms with Gasteiger partial charge in [0.1, 0.15) is 11.5 Å². The van der Waals surface area contributed by atoms with Crippen LogP contribution in [0.5, 0.6) is 0 Å². The molecule has 4 aromatic heterocycles. The minimum Gasteiger partial charge on any atom is -0.351 e. The van der Waals surface area contributed by atoms with Crippen LogP contribution in [0, 0.1) is 0 Å². The highest BCUT2D eigenvalue weighted by atomic mass is 16.2. The number of rotatable bonds is 10. The largest absolute Gasteiger partial charge is 0.351 e. The van der Waals surface area contributed by atoms with Gasteiger partial charge in [-0.2, -0.15) is 0 Å². The number of nitrogens with one attached hydrogen (secondary N) is 4. The van der Waals surface area contributed by atoms with Crippen LogP contribution < -0.4 is 16.0 Å². The molecule has 0 radical (unpaired) electrons. The second-order valence-electron chi connectivity index (χ2n) is 10.2. The van der Waals surface area contributed by atoms with Gasteiger partial charge in [-0.05, 0) is 63.5 Å². The van der Waals surface area contributed by atoms with Gasteiger partial charge in [-0.25, -0.2) is 9.97 Å². The lowest BCUT2D eigenvalue weighted by molar-refractivity contribution is 0.0942. The molecule has 0 saturated carbocycles. The van der Waals surface area contributed by atoms with Crippen molar-refractivity contribution in [1.29, 1.82) is 0 Å². The highest BCUT2D eigenvalue weighted by molar-refractivity contribution is 6.07. The molecule has 4 N–H and O–H groups in total. The molecule has 0 fully saturated rings. The molecule has 216 valence electrons. The summed E-state index contributed by atoms with van der Waals surface area (Å²) in [4.78, 5) is 56.8. The van der Waals surface area contributed by atoms with Crippen molar-refractivity contribution in [3.8, 4) is 11.4 Å². The Morgan fingerprint density at radius 3 is 2.45 bits per heavy atom. The van der Waals surface area contributed by atoms with Crippen molar-refractivity contribution in [1.82, 2.24) is 39.3 Å². The molecule has 5 aromatic rings. The van der Waals surface area contributed by atoms with Gasteiger partial charge in [-0.15, -0.1) is 0 Å². The Bertz CT molecular complexity index is 1750. The first kappa shape index (κ1) is 28.2. The fourth-order valence-electron chi connectivity index (χ4n) is 4.46. The number of aromatic amines is 1. The average Bonchev–Trinajstić information content (AvgIpc) is 3.67. The Balaban J connectivity index is 1.22. The lowest BCUT2D eigenvalue weighted by atomic mass is 10.2. The third-order valence-corrected chi connectivity index (χ3v) is 6.58. The van der Waals surface area contributed by atoms with E-state index in [0.29, 0.717) is 34.8 Å². The molecule has 4 heterocycles. The van der Waals surface area contributed by atoms with Crippen molar-refractivity contribution in [2.24, 2.45) is 14.1 Å². The molecule has 0 unspecified atom stereocenters. The van der Waals surface area contributed by atoms with Gasteiger partial charge >= 0.3 is 0 Å². The minimum absolute atomic E-state index is 0.0925. The Morgan fingerprint density at radius 1 is 0.905 bits per heavy atom. The molecule has 13 nitrogen and oxygen atoms in total. The maximum Gasteiger partial charge on any atom is 0.291 e. The molecule has 0 aliphatic heterocycles. The molecular weight excluding hydrogens is 536 g/mol. The van der Waals surface area contributed by atoms with E-state index >= 15 is 0 Å². The van der Waals surface area contributed by atoms with Crippen molar-refractivity contribution in [2.75, 3.05) is 37.8 Å². The zero-order chi connectivity index (χ0) is 29.8. The number of H-pyrrole nitrogens is 1. The van der Waals surface area contributed by atoms with Crippen molar-refractivity contribution >= 4 is 40.3 Å². The van der Waals surface area contributed by atoms with Crippen molar-refractivity contribution < 1.29 is 14.4 Å². The first-order valence-electron chi connectivity index (χ1n) is 13.3. The lowest BCUT2D eigenvalue weighted by Gasteiger charge is -2.10. The third kappa shape index (κ3) is 6.36. The average molecular weight is 569 g/mol. The first-order chi connectivity index (χ1) is 20.2. The zero-order valence-electron chi connectivity index (χ0n) is 23.8. The molecule has 5 rings (SSSR count). The van der Waals surface area contributed by atoms with Gasteiger partial charge in [-0.1, -0.05) is 0 Å². The van der Waals surface area contributed by atoms with Gasteiger partial charge in [0.15, 0.2) is 5.82 Å². The van der Waals surface area contributed by atoms with Gasteiger partial charge < -0.3 is 35.0 Å². The Kier molecular flexibility index (Phi) is 8.11. The van der Waals surface area contributed by atoms with E-state index in [9.17, 15) is 14.4 Å². The second-order valence-corrected chi connectivity index (χ2v) is 10.2. The number of anilines is 2. The van der Waals surface area contributed by atoms with E-state index in [2.05, 4.69) is 40.8 Å². The smallest absolute Gasteiger partial charge is 0.291 e. The van der Waals surface area contributed by atoms with Crippen molar-refractivity contribution in [3.05, 3.63) is 78.3 Å². The molecule has 42 heavy (non-hydrogen) atoms. The van der Waals surface area contributed by atoms with Gasteiger partial charge in [0.05, 0.1) is 16.7 Å².